The summed E-state index contributed by atoms with van der Waals surface area (Å²) in [5.74, 6) is -2.86. The number of carbonyl (C=O) groups is 2. The Labute approximate surface area is 140 Å². The molecule has 0 heterocycles. The lowest BCUT2D eigenvalue weighted by atomic mass is 10.1. The molecule has 0 spiro atoms. The Morgan fingerprint density at radius 2 is 1.88 bits per heavy atom. The van der Waals surface area contributed by atoms with E-state index in [4.69, 9.17) is 5.11 Å². The van der Waals surface area contributed by atoms with Crippen LogP contribution in [0.2, 0.25) is 0 Å². The van der Waals surface area contributed by atoms with Gasteiger partial charge < -0.3 is 10.4 Å². The lowest BCUT2D eigenvalue weighted by Crippen LogP contribution is -2.49. The van der Waals surface area contributed by atoms with Gasteiger partial charge in [-0.05, 0) is 24.5 Å². The van der Waals surface area contributed by atoms with E-state index in [0.29, 0.717) is 0 Å². The molecule has 0 aliphatic rings. The van der Waals surface area contributed by atoms with Crippen LogP contribution in [-0.4, -0.2) is 38.0 Å². The molecule has 0 aromatic heterocycles. The highest BCUT2D eigenvalue weighted by Gasteiger charge is 2.29. The van der Waals surface area contributed by atoms with Crippen molar-refractivity contribution >= 4 is 21.9 Å². The van der Waals surface area contributed by atoms with Crippen LogP contribution in [0.4, 0.5) is 4.39 Å². The van der Waals surface area contributed by atoms with E-state index in [0.717, 1.165) is 12.1 Å². The first-order chi connectivity index (χ1) is 11.1. The number of carboxylic acid groups (broad SMARTS) is 1. The molecule has 24 heavy (non-hydrogen) atoms. The molecule has 3 N–H and O–H groups in total. The zero-order chi connectivity index (χ0) is 18.3. The molecular weight excluding hydrogens is 339 g/mol. The summed E-state index contributed by atoms with van der Waals surface area (Å²) in [5, 5.41) is 11.0. The van der Waals surface area contributed by atoms with Crippen molar-refractivity contribution in [3.8, 4) is 0 Å². The average molecular weight is 360 g/mol. The van der Waals surface area contributed by atoms with E-state index in [2.05, 4.69) is 10.0 Å². The van der Waals surface area contributed by atoms with Crippen molar-refractivity contribution in [2.45, 2.75) is 37.6 Å². The van der Waals surface area contributed by atoms with Gasteiger partial charge in [-0.2, -0.15) is 4.72 Å². The molecule has 9 heteroatoms. The third kappa shape index (κ3) is 5.89. The second-order valence-electron chi connectivity index (χ2n) is 5.56. The maximum atomic E-state index is 13.7. The molecule has 0 aliphatic heterocycles. The number of hydrogen-bond acceptors (Lipinski definition) is 4. The summed E-state index contributed by atoms with van der Waals surface area (Å²) >= 11 is 0. The molecule has 0 radical (unpaired) electrons. The van der Waals surface area contributed by atoms with Gasteiger partial charge in [0.2, 0.25) is 15.9 Å². The number of nitrogens with one attached hydrogen (secondary N) is 2. The van der Waals surface area contributed by atoms with Gasteiger partial charge in [-0.25, -0.2) is 12.8 Å². The van der Waals surface area contributed by atoms with Crippen molar-refractivity contribution in [3.63, 3.8) is 0 Å². The van der Waals surface area contributed by atoms with E-state index in [1.54, 1.807) is 13.8 Å². The summed E-state index contributed by atoms with van der Waals surface area (Å²) in [6, 6.07) is 3.78. The number of rotatable bonds is 9. The highest BCUT2D eigenvalue weighted by molar-refractivity contribution is 7.89. The minimum atomic E-state index is -4.20. The molecule has 0 fully saturated rings. The Hall–Kier alpha value is -2.00. The van der Waals surface area contributed by atoms with E-state index in [1.165, 1.54) is 12.1 Å². The van der Waals surface area contributed by atoms with Crippen LogP contribution in [0.1, 0.15) is 26.7 Å². The third-order valence-electron chi connectivity index (χ3n) is 3.22. The van der Waals surface area contributed by atoms with Gasteiger partial charge >= 0.3 is 5.97 Å². The summed E-state index contributed by atoms with van der Waals surface area (Å²) in [7, 11) is -4.20. The van der Waals surface area contributed by atoms with Crippen LogP contribution in [0.3, 0.4) is 0 Å². The second-order valence-corrected chi connectivity index (χ2v) is 7.24. The van der Waals surface area contributed by atoms with E-state index in [9.17, 15) is 22.4 Å². The quantitative estimate of drug-likeness (QED) is 0.571. The zero-order valence-corrected chi connectivity index (χ0v) is 14.3. The predicted molar refractivity (Wildman–Crippen MR) is 85.2 cm³/mol. The fraction of sp³-hybridized carbons (Fsp3) is 0.467. The van der Waals surface area contributed by atoms with Crippen LogP contribution < -0.4 is 10.0 Å². The first kappa shape index (κ1) is 20.0. The van der Waals surface area contributed by atoms with Gasteiger partial charge in [-0.3, -0.25) is 9.59 Å². The summed E-state index contributed by atoms with van der Waals surface area (Å²) < 4.78 is 40.5. The zero-order valence-electron chi connectivity index (χ0n) is 13.5. The molecule has 1 atom stereocenters. The number of carbonyl (C=O) groups excluding carboxylic acids is 1. The molecular formula is C15H21FN2O5S. The molecule has 134 valence electrons. The topological polar surface area (TPSA) is 113 Å². The van der Waals surface area contributed by atoms with Crippen molar-refractivity contribution in [1.82, 2.24) is 10.0 Å². The van der Waals surface area contributed by atoms with Crippen LogP contribution in [0.5, 0.6) is 0 Å². The van der Waals surface area contributed by atoms with Gasteiger partial charge in [-0.15, -0.1) is 0 Å². The van der Waals surface area contributed by atoms with Crippen LogP contribution in [-0.2, 0) is 19.6 Å². The van der Waals surface area contributed by atoms with Gasteiger partial charge in [0.15, 0.2) is 0 Å². The van der Waals surface area contributed by atoms with E-state index in [-0.39, 0.29) is 25.3 Å². The maximum absolute atomic E-state index is 13.7. The lowest BCUT2D eigenvalue weighted by molar-refractivity contribution is -0.137. The monoisotopic (exact) mass is 360 g/mol. The first-order valence-corrected chi connectivity index (χ1v) is 8.90. The van der Waals surface area contributed by atoms with Gasteiger partial charge in [0.1, 0.15) is 16.8 Å². The van der Waals surface area contributed by atoms with E-state index < -0.39 is 38.7 Å². The molecule has 0 aliphatic carbocycles. The summed E-state index contributed by atoms with van der Waals surface area (Å²) in [4.78, 5) is 22.0. The number of carboxylic acids is 1. The molecule has 0 saturated carbocycles. The number of halogens is 1. The fourth-order valence-corrected chi connectivity index (χ4v) is 3.37. The Bertz CT molecular complexity index is 691. The van der Waals surface area contributed by atoms with Crippen LogP contribution in [0, 0.1) is 11.7 Å². The number of hydrogen-bond donors (Lipinski definition) is 3. The lowest BCUT2D eigenvalue weighted by Gasteiger charge is -2.21. The molecule has 1 amide bonds. The molecule has 1 aromatic rings. The summed E-state index contributed by atoms with van der Waals surface area (Å²) in [6.45, 7) is 3.40. The second kappa shape index (κ2) is 8.74. The minimum Gasteiger partial charge on any atom is -0.481 e. The maximum Gasteiger partial charge on any atom is 0.303 e. The molecule has 0 bridgehead atoms. The highest BCUT2D eigenvalue weighted by atomic mass is 32.2. The van der Waals surface area contributed by atoms with Gasteiger partial charge in [-0.1, -0.05) is 26.0 Å². The standard InChI is InChI=1S/C15H21FN2O5S/c1-10(2)14(15(21)17-9-5-8-13(19)20)18-24(22,23)12-7-4-3-6-11(12)16/h3-4,6-7,10,14,18H,5,8-9H2,1-2H3,(H,17,21)(H,19,20)/t14-/m0/s1. The molecule has 1 rings (SSSR count). The van der Waals surface area contributed by atoms with Gasteiger partial charge in [0.05, 0.1) is 0 Å². The van der Waals surface area contributed by atoms with Crippen molar-refractivity contribution in [2.75, 3.05) is 6.54 Å². The van der Waals surface area contributed by atoms with Crippen LogP contribution in [0.15, 0.2) is 29.2 Å². The van der Waals surface area contributed by atoms with E-state index in [1.807, 2.05) is 0 Å². The normalized spacial score (nSPS) is 12.8. The van der Waals surface area contributed by atoms with Gasteiger partial charge in [0, 0.05) is 13.0 Å². The third-order valence-corrected chi connectivity index (χ3v) is 4.70. The van der Waals surface area contributed by atoms with Crippen molar-refractivity contribution in [2.24, 2.45) is 5.92 Å². The Kier molecular flexibility index (Phi) is 7.30. The minimum absolute atomic E-state index is 0.104. The highest BCUT2D eigenvalue weighted by Crippen LogP contribution is 2.15. The number of amides is 1. The smallest absolute Gasteiger partial charge is 0.303 e. The molecule has 7 nitrogen and oxygen atoms in total. The summed E-state index contributed by atoms with van der Waals surface area (Å²) in [5.41, 5.74) is 0. The summed E-state index contributed by atoms with van der Waals surface area (Å²) in [6.07, 6.45) is 0.125. The Morgan fingerprint density at radius 3 is 2.42 bits per heavy atom. The fourth-order valence-electron chi connectivity index (χ4n) is 1.95. The van der Waals surface area contributed by atoms with Crippen LogP contribution in [0.25, 0.3) is 0 Å². The van der Waals surface area contributed by atoms with Crippen molar-refractivity contribution < 1.29 is 27.5 Å². The molecule has 1 aromatic carbocycles. The number of benzene rings is 1. The number of sulfonamides is 1. The largest absolute Gasteiger partial charge is 0.481 e. The molecule has 0 saturated heterocycles. The number of aliphatic carboxylic acids is 1. The SMILES string of the molecule is CC(C)[C@H](NS(=O)(=O)c1ccccc1F)C(=O)NCCCC(=O)O. The predicted octanol–water partition coefficient (Wildman–Crippen LogP) is 1.11. The first-order valence-electron chi connectivity index (χ1n) is 7.41. The van der Waals surface area contributed by atoms with Crippen molar-refractivity contribution in [3.05, 3.63) is 30.1 Å². The van der Waals surface area contributed by atoms with Crippen molar-refractivity contribution in [1.29, 1.82) is 0 Å². The Balaban J connectivity index is 2.80. The van der Waals surface area contributed by atoms with Gasteiger partial charge in [0.25, 0.3) is 0 Å². The van der Waals surface area contributed by atoms with Crippen LogP contribution >= 0.6 is 0 Å². The Morgan fingerprint density at radius 1 is 1.25 bits per heavy atom. The van der Waals surface area contributed by atoms with E-state index >= 15 is 0 Å². The molecule has 0 unspecified atom stereocenters. The average Bonchev–Trinajstić information content (AvgIpc) is 2.49.